The zero-order valence-electron chi connectivity index (χ0n) is 13.9. The monoisotopic (exact) mass is 331 g/mol. The number of nitrogens with one attached hydrogen (secondary N) is 1. The van der Waals surface area contributed by atoms with Gasteiger partial charge in [0.25, 0.3) is 5.91 Å². The number of hydrogen-bond donors (Lipinski definition) is 1. The molecule has 2 aromatic rings. The molecule has 0 radical (unpaired) electrons. The van der Waals surface area contributed by atoms with Gasteiger partial charge < -0.3 is 14.8 Å². The SMILES string of the molecule is Cc1sc(C(=O)N2CCNC(=O)C2)c(-n2c(C)ccc2C)c1C. The van der Waals surface area contributed by atoms with Crippen LogP contribution in [-0.2, 0) is 4.79 Å². The summed E-state index contributed by atoms with van der Waals surface area (Å²) < 4.78 is 2.14. The Bertz CT molecular complexity index is 769. The lowest BCUT2D eigenvalue weighted by molar-refractivity contribution is -0.123. The first kappa shape index (κ1) is 15.8. The molecule has 1 aliphatic rings. The fourth-order valence-corrected chi connectivity index (χ4v) is 4.12. The second-order valence-corrected chi connectivity index (χ2v) is 7.21. The minimum Gasteiger partial charge on any atom is -0.353 e. The van der Waals surface area contributed by atoms with Crippen molar-refractivity contribution >= 4 is 23.2 Å². The summed E-state index contributed by atoms with van der Waals surface area (Å²) in [5.74, 6) is -0.145. The van der Waals surface area contributed by atoms with Gasteiger partial charge in [-0.2, -0.15) is 0 Å². The number of carbonyl (C=O) groups excluding carboxylic acids is 2. The Labute approximate surface area is 139 Å². The van der Waals surface area contributed by atoms with Crippen LogP contribution in [-0.4, -0.2) is 40.9 Å². The van der Waals surface area contributed by atoms with Crippen molar-refractivity contribution < 1.29 is 9.59 Å². The average Bonchev–Trinajstić information content (AvgIpc) is 2.99. The van der Waals surface area contributed by atoms with Gasteiger partial charge in [-0.15, -0.1) is 11.3 Å². The van der Waals surface area contributed by atoms with E-state index in [9.17, 15) is 9.59 Å². The highest BCUT2D eigenvalue weighted by molar-refractivity contribution is 7.14. The molecule has 1 aliphatic heterocycles. The Hall–Kier alpha value is -2.08. The molecule has 1 fully saturated rings. The molecule has 2 aromatic heterocycles. The number of nitrogens with zero attached hydrogens (tertiary/aromatic N) is 2. The van der Waals surface area contributed by atoms with E-state index in [1.54, 1.807) is 4.90 Å². The number of hydrogen-bond acceptors (Lipinski definition) is 3. The van der Waals surface area contributed by atoms with Gasteiger partial charge in [-0.3, -0.25) is 9.59 Å². The van der Waals surface area contributed by atoms with Crippen molar-refractivity contribution in [3.05, 3.63) is 38.8 Å². The smallest absolute Gasteiger partial charge is 0.266 e. The fraction of sp³-hybridized carbons (Fsp3) is 0.412. The summed E-state index contributed by atoms with van der Waals surface area (Å²) in [6.45, 7) is 9.40. The lowest BCUT2D eigenvalue weighted by atomic mass is 10.2. The van der Waals surface area contributed by atoms with E-state index in [-0.39, 0.29) is 18.4 Å². The van der Waals surface area contributed by atoms with Gasteiger partial charge in [0.15, 0.2) is 0 Å². The summed E-state index contributed by atoms with van der Waals surface area (Å²) in [6, 6.07) is 4.12. The van der Waals surface area contributed by atoms with Crippen LogP contribution >= 0.6 is 11.3 Å². The third kappa shape index (κ3) is 2.67. The summed E-state index contributed by atoms with van der Waals surface area (Å²) >= 11 is 1.52. The number of carbonyl (C=O) groups is 2. The third-order valence-electron chi connectivity index (χ3n) is 4.37. The predicted molar refractivity (Wildman–Crippen MR) is 91.5 cm³/mol. The molecule has 0 atom stereocenters. The van der Waals surface area contributed by atoms with Crippen molar-refractivity contribution in [3.8, 4) is 5.69 Å². The highest BCUT2D eigenvalue weighted by atomic mass is 32.1. The molecule has 0 aromatic carbocycles. The summed E-state index contributed by atoms with van der Waals surface area (Å²) in [4.78, 5) is 28.1. The van der Waals surface area contributed by atoms with Gasteiger partial charge in [-0.25, -0.2) is 0 Å². The van der Waals surface area contributed by atoms with Gasteiger partial charge in [-0.05, 0) is 45.4 Å². The minimum atomic E-state index is -0.0931. The number of piperazine rings is 1. The van der Waals surface area contributed by atoms with Gasteiger partial charge in [-0.1, -0.05) is 0 Å². The molecule has 3 heterocycles. The van der Waals surface area contributed by atoms with Crippen LogP contribution in [0.1, 0.15) is 31.5 Å². The van der Waals surface area contributed by atoms with Crippen molar-refractivity contribution in [1.29, 1.82) is 0 Å². The largest absolute Gasteiger partial charge is 0.353 e. The summed E-state index contributed by atoms with van der Waals surface area (Å²) in [7, 11) is 0. The molecule has 5 nitrogen and oxygen atoms in total. The van der Waals surface area contributed by atoms with Crippen LogP contribution < -0.4 is 5.32 Å². The molecule has 1 saturated heterocycles. The fourth-order valence-electron chi connectivity index (χ4n) is 3.01. The minimum absolute atomic E-state index is 0.0523. The molecule has 0 bridgehead atoms. The maximum Gasteiger partial charge on any atom is 0.266 e. The van der Waals surface area contributed by atoms with E-state index in [1.807, 2.05) is 20.8 Å². The number of thiophene rings is 1. The maximum absolute atomic E-state index is 13.0. The molecule has 1 N–H and O–H groups in total. The van der Waals surface area contributed by atoms with Crippen LogP contribution in [0.2, 0.25) is 0 Å². The number of rotatable bonds is 2. The normalized spacial score (nSPS) is 15.0. The molecule has 122 valence electrons. The Morgan fingerprint density at radius 3 is 2.43 bits per heavy atom. The topological polar surface area (TPSA) is 54.3 Å². The summed E-state index contributed by atoms with van der Waals surface area (Å²) in [6.07, 6.45) is 0. The number of aryl methyl sites for hydroxylation is 3. The van der Waals surface area contributed by atoms with Gasteiger partial charge in [0.1, 0.15) is 4.88 Å². The Morgan fingerprint density at radius 2 is 1.83 bits per heavy atom. The van der Waals surface area contributed by atoms with Gasteiger partial charge in [0.05, 0.1) is 12.2 Å². The maximum atomic E-state index is 13.0. The van der Waals surface area contributed by atoms with Crippen LogP contribution in [0.25, 0.3) is 5.69 Å². The molecule has 0 saturated carbocycles. The molecule has 6 heteroatoms. The lowest BCUT2D eigenvalue weighted by Crippen LogP contribution is -2.49. The average molecular weight is 331 g/mol. The van der Waals surface area contributed by atoms with Crippen molar-refractivity contribution in [2.24, 2.45) is 0 Å². The van der Waals surface area contributed by atoms with Crippen LogP contribution in [0.15, 0.2) is 12.1 Å². The first-order valence-corrected chi connectivity index (χ1v) is 8.53. The molecular weight excluding hydrogens is 310 g/mol. The Morgan fingerprint density at radius 1 is 1.17 bits per heavy atom. The zero-order chi connectivity index (χ0) is 16.7. The van der Waals surface area contributed by atoms with E-state index in [0.29, 0.717) is 13.1 Å². The van der Waals surface area contributed by atoms with Crippen molar-refractivity contribution in [2.45, 2.75) is 27.7 Å². The predicted octanol–water partition coefficient (Wildman–Crippen LogP) is 2.34. The highest BCUT2D eigenvalue weighted by Crippen LogP contribution is 2.34. The second kappa shape index (κ2) is 5.85. The van der Waals surface area contributed by atoms with Gasteiger partial charge >= 0.3 is 0 Å². The zero-order valence-corrected chi connectivity index (χ0v) is 14.7. The highest BCUT2D eigenvalue weighted by Gasteiger charge is 2.28. The summed E-state index contributed by atoms with van der Waals surface area (Å²) in [5, 5.41) is 2.76. The van der Waals surface area contributed by atoms with Gasteiger partial charge in [0, 0.05) is 29.4 Å². The Kier molecular flexibility index (Phi) is 4.02. The Balaban J connectivity index is 2.08. The van der Waals surface area contributed by atoms with Crippen LogP contribution in [0, 0.1) is 27.7 Å². The molecule has 0 aliphatic carbocycles. The first-order valence-electron chi connectivity index (χ1n) is 7.71. The number of aromatic nitrogens is 1. The van der Waals surface area contributed by atoms with Crippen LogP contribution in [0.3, 0.4) is 0 Å². The van der Waals surface area contributed by atoms with Crippen molar-refractivity contribution in [3.63, 3.8) is 0 Å². The van der Waals surface area contributed by atoms with E-state index >= 15 is 0 Å². The van der Waals surface area contributed by atoms with E-state index in [0.717, 1.165) is 32.4 Å². The molecule has 23 heavy (non-hydrogen) atoms. The van der Waals surface area contributed by atoms with Crippen LogP contribution in [0.5, 0.6) is 0 Å². The van der Waals surface area contributed by atoms with E-state index in [1.165, 1.54) is 11.3 Å². The van der Waals surface area contributed by atoms with Crippen molar-refractivity contribution in [1.82, 2.24) is 14.8 Å². The molecule has 2 amide bonds. The quantitative estimate of drug-likeness (QED) is 0.918. The lowest BCUT2D eigenvalue weighted by Gasteiger charge is -2.27. The number of amides is 2. The van der Waals surface area contributed by atoms with E-state index in [2.05, 4.69) is 28.9 Å². The molecule has 0 unspecified atom stereocenters. The molecule has 0 spiro atoms. The van der Waals surface area contributed by atoms with Gasteiger partial charge in [0.2, 0.25) is 5.91 Å². The molecular formula is C17H21N3O2S. The van der Waals surface area contributed by atoms with Crippen molar-refractivity contribution in [2.75, 3.05) is 19.6 Å². The third-order valence-corrected chi connectivity index (χ3v) is 5.55. The van der Waals surface area contributed by atoms with Crippen LogP contribution in [0.4, 0.5) is 0 Å². The standard InChI is InChI=1S/C17H21N3O2S/c1-10-5-6-11(2)20(10)15-12(3)13(4)23-16(15)17(22)19-8-7-18-14(21)9-19/h5-6H,7-9H2,1-4H3,(H,18,21). The van der Waals surface area contributed by atoms with E-state index < -0.39 is 0 Å². The second-order valence-electron chi connectivity index (χ2n) is 5.99. The first-order chi connectivity index (χ1) is 10.9. The molecule has 3 rings (SSSR count). The van der Waals surface area contributed by atoms with E-state index in [4.69, 9.17) is 0 Å². The summed E-state index contributed by atoms with van der Waals surface area (Å²) in [5.41, 5.74) is 4.30.